The first-order valence-electron chi connectivity index (χ1n) is 17.0. The van der Waals surface area contributed by atoms with Crippen molar-refractivity contribution in [3.63, 3.8) is 0 Å². The number of carbonyl (C=O) groups excluding carboxylic acids is 4. The third kappa shape index (κ3) is 13.6. The number of esters is 4. The molecule has 11 heteroatoms. The summed E-state index contributed by atoms with van der Waals surface area (Å²) in [7, 11) is 0. The predicted molar refractivity (Wildman–Crippen MR) is 199 cm³/mol. The monoisotopic (exact) mass is 719 g/mol. The van der Waals surface area contributed by atoms with Crippen molar-refractivity contribution in [2.45, 2.75) is 32.6 Å². The number of unbranched alkanes of at least 4 members (excludes halogenated alkanes) is 2. The van der Waals surface area contributed by atoms with E-state index in [2.05, 4.69) is 18.2 Å². The first-order valence-corrected chi connectivity index (χ1v) is 17.0. The zero-order valence-electron chi connectivity index (χ0n) is 29.5. The minimum absolute atomic E-state index is 0.305. The van der Waals surface area contributed by atoms with Crippen molar-refractivity contribution in [3.05, 3.63) is 139 Å². The molecule has 0 aliphatic carbocycles. The molecule has 0 spiro atoms. The maximum absolute atomic E-state index is 12.8. The Morgan fingerprint density at radius 1 is 0.585 bits per heavy atom. The van der Waals surface area contributed by atoms with Crippen LogP contribution < -0.4 is 18.9 Å². The number of nitrogens with zero attached hydrogens (tertiary/aromatic N) is 1. The Kier molecular flexibility index (Phi) is 15.6. The average Bonchev–Trinajstić information content (AvgIpc) is 3.18. The highest BCUT2D eigenvalue weighted by Gasteiger charge is 2.12. The topological polar surface area (TPSA) is 136 Å². The summed E-state index contributed by atoms with van der Waals surface area (Å²) in [5.41, 5.74) is 2.94. The second kappa shape index (κ2) is 21.0. The largest absolute Gasteiger partial charge is 0.494 e. The summed E-state index contributed by atoms with van der Waals surface area (Å²) in [5, 5.41) is 0. The standard InChI is InChI=1S/C42H41NO10/c1-4-39(44)50-26-8-6-24-48-35-19-12-32(13-20-35)41(46)52-37-17-10-31(11-18-37)29-43-34-16-23-38(30(3)28-34)53-42(47)33-14-21-36(22-15-33)49-25-7-9-27-51-40(45)5-2/h4-5,10-23,28-29H,1-2,6-9,24-27H2,3H3. The first-order chi connectivity index (χ1) is 25.7. The van der Waals surface area contributed by atoms with Gasteiger partial charge in [-0.3, -0.25) is 4.99 Å². The fourth-order valence-electron chi connectivity index (χ4n) is 4.55. The third-order valence-corrected chi connectivity index (χ3v) is 7.43. The van der Waals surface area contributed by atoms with E-state index >= 15 is 0 Å². The predicted octanol–water partition coefficient (Wildman–Crippen LogP) is 7.96. The highest BCUT2D eigenvalue weighted by atomic mass is 16.5. The average molecular weight is 720 g/mol. The van der Waals surface area contributed by atoms with Crippen LogP contribution in [0.2, 0.25) is 0 Å². The molecule has 0 aliphatic heterocycles. The Hall–Kier alpha value is -6.49. The molecule has 4 aromatic carbocycles. The molecule has 0 unspecified atom stereocenters. The van der Waals surface area contributed by atoms with Crippen molar-refractivity contribution in [3.8, 4) is 23.0 Å². The van der Waals surface area contributed by atoms with Gasteiger partial charge in [0.2, 0.25) is 0 Å². The highest BCUT2D eigenvalue weighted by molar-refractivity contribution is 5.92. The van der Waals surface area contributed by atoms with E-state index in [-0.39, 0.29) is 0 Å². The fraction of sp³-hybridized carbons (Fsp3) is 0.214. The Balaban J connectivity index is 1.19. The van der Waals surface area contributed by atoms with Crippen LogP contribution in [0.15, 0.2) is 121 Å². The molecule has 4 aromatic rings. The molecule has 4 rings (SSSR count). The lowest BCUT2D eigenvalue weighted by atomic mass is 10.2. The van der Waals surface area contributed by atoms with Crippen LogP contribution in [-0.4, -0.2) is 56.5 Å². The molecule has 0 N–H and O–H groups in total. The van der Waals surface area contributed by atoms with Gasteiger partial charge in [-0.2, -0.15) is 0 Å². The Labute approximate surface area is 308 Å². The second-order valence-corrected chi connectivity index (χ2v) is 11.5. The molecule has 0 atom stereocenters. The molecule has 0 saturated heterocycles. The van der Waals surface area contributed by atoms with Crippen LogP contribution >= 0.6 is 0 Å². The molecule has 0 heterocycles. The number of hydrogen-bond donors (Lipinski definition) is 0. The van der Waals surface area contributed by atoms with Crippen LogP contribution in [0, 0.1) is 6.92 Å². The van der Waals surface area contributed by atoms with Gasteiger partial charge < -0.3 is 28.4 Å². The second-order valence-electron chi connectivity index (χ2n) is 11.5. The smallest absolute Gasteiger partial charge is 0.343 e. The van der Waals surface area contributed by atoms with Crippen LogP contribution in [0.4, 0.5) is 5.69 Å². The number of ether oxygens (including phenoxy) is 6. The Morgan fingerprint density at radius 3 is 1.55 bits per heavy atom. The van der Waals surface area contributed by atoms with Gasteiger partial charge >= 0.3 is 23.9 Å². The van der Waals surface area contributed by atoms with E-state index in [0.29, 0.717) is 91.9 Å². The van der Waals surface area contributed by atoms with Crippen LogP contribution in [-0.2, 0) is 19.1 Å². The van der Waals surface area contributed by atoms with Gasteiger partial charge in [0.25, 0.3) is 0 Å². The van der Waals surface area contributed by atoms with E-state index in [9.17, 15) is 19.2 Å². The highest BCUT2D eigenvalue weighted by Crippen LogP contribution is 2.25. The molecule has 274 valence electrons. The van der Waals surface area contributed by atoms with Crippen LogP contribution in [0.5, 0.6) is 23.0 Å². The van der Waals surface area contributed by atoms with Crippen LogP contribution in [0.25, 0.3) is 0 Å². The third-order valence-electron chi connectivity index (χ3n) is 7.43. The summed E-state index contributed by atoms with van der Waals surface area (Å²) in [4.78, 5) is 52.0. The minimum Gasteiger partial charge on any atom is -0.494 e. The van der Waals surface area contributed by atoms with E-state index in [1.54, 1.807) is 91.1 Å². The van der Waals surface area contributed by atoms with Crippen LogP contribution in [0.3, 0.4) is 0 Å². The Bertz CT molecular complexity index is 1880. The van der Waals surface area contributed by atoms with Crippen molar-refractivity contribution >= 4 is 35.8 Å². The molecule has 11 nitrogen and oxygen atoms in total. The van der Waals surface area contributed by atoms with Crippen molar-refractivity contribution in [2.24, 2.45) is 4.99 Å². The summed E-state index contributed by atoms with van der Waals surface area (Å²) in [6.45, 7) is 10.0. The summed E-state index contributed by atoms with van der Waals surface area (Å²) >= 11 is 0. The van der Waals surface area contributed by atoms with E-state index in [4.69, 9.17) is 28.4 Å². The number of aliphatic imine (C=N–C) groups is 1. The van der Waals surface area contributed by atoms with E-state index in [0.717, 1.165) is 23.3 Å². The van der Waals surface area contributed by atoms with E-state index in [1.165, 1.54) is 0 Å². The maximum atomic E-state index is 12.8. The van der Waals surface area contributed by atoms with Gasteiger partial charge in [0.1, 0.15) is 23.0 Å². The minimum atomic E-state index is -0.502. The van der Waals surface area contributed by atoms with Gasteiger partial charge in [0, 0.05) is 18.4 Å². The summed E-state index contributed by atoms with van der Waals surface area (Å²) < 4.78 is 32.3. The number of rotatable bonds is 20. The van der Waals surface area contributed by atoms with Crippen molar-refractivity contribution in [1.29, 1.82) is 0 Å². The summed E-state index contributed by atoms with van der Waals surface area (Å²) in [6, 6.07) is 25.5. The van der Waals surface area contributed by atoms with Crippen molar-refractivity contribution in [1.82, 2.24) is 0 Å². The molecule has 0 fully saturated rings. The van der Waals surface area contributed by atoms with Gasteiger partial charge in [0.05, 0.1) is 43.2 Å². The molecular formula is C42H41NO10. The molecule has 0 amide bonds. The molecular weight excluding hydrogens is 678 g/mol. The number of hydrogen-bond acceptors (Lipinski definition) is 11. The quantitative estimate of drug-likeness (QED) is 0.0291. The van der Waals surface area contributed by atoms with E-state index in [1.807, 2.05) is 13.0 Å². The zero-order valence-corrected chi connectivity index (χ0v) is 29.5. The normalized spacial score (nSPS) is 10.6. The van der Waals surface area contributed by atoms with Crippen LogP contribution in [0.1, 0.15) is 57.5 Å². The Morgan fingerprint density at radius 2 is 1.06 bits per heavy atom. The fourth-order valence-corrected chi connectivity index (χ4v) is 4.55. The lowest BCUT2D eigenvalue weighted by molar-refractivity contribution is -0.138. The summed E-state index contributed by atoms with van der Waals surface area (Å²) in [6.07, 6.45) is 6.67. The molecule has 53 heavy (non-hydrogen) atoms. The van der Waals surface area contributed by atoms with Gasteiger partial charge in [-0.05, 0) is 135 Å². The molecule has 0 radical (unpaired) electrons. The van der Waals surface area contributed by atoms with E-state index < -0.39 is 23.9 Å². The lowest BCUT2D eigenvalue weighted by Gasteiger charge is -2.09. The lowest BCUT2D eigenvalue weighted by Crippen LogP contribution is -2.09. The van der Waals surface area contributed by atoms with Crippen molar-refractivity contribution < 1.29 is 47.6 Å². The first kappa shape index (κ1) is 39.3. The van der Waals surface area contributed by atoms with Gasteiger partial charge in [-0.25, -0.2) is 19.2 Å². The number of aryl methyl sites for hydroxylation is 1. The van der Waals surface area contributed by atoms with Gasteiger partial charge in [0.15, 0.2) is 0 Å². The van der Waals surface area contributed by atoms with Gasteiger partial charge in [-0.1, -0.05) is 13.2 Å². The maximum Gasteiger partial charge on any atom is 0.343 e. The SMILES string of the molecule is C=CC(=O)OCCCCOc1ccc(C(=O)Oc2ccc(C=Nc3ccc(OC(=O)c4ccc(OCCCCOC(=O)C=C)cc4)c(C)c3)cc2)cc1. The zero-order chi connectivity index (χ0) is 37.8. The number of carbonyl (C=O) groups is 4. The van der Waals surface area contributed by atoms with Gasteiger partial charge in [-0.15, -0.1) is 0 Å². The molecule has 0 saturated carbocycles. The number of benzene rings is 4. The molecule has 0 bridgehead atoms. The molecule has 0 aliphatic rings. The van der Waals surface area contributed by atoms with Crippen molar-refractivity contribution in [2.75, 3.05) is 26.4 Å². The summed E-state index contributed by atoms with van der Waals surface area (Å²) in [5.74, 6) is 0.138. The molecule has 0 aromatic heterocycles.